The number of nitrogens with zero attached hydrogens (tertiary/aromatic N) is 1. The fourth-order valence-electron chi connectivity index (χ4n) is 1.74. The standard InChI is InChI=1S/C7H17NO7P2/c1-2-7(16(10,11)12)17(13,14)15-6-3-4-8(9)5-6/h6-7,9H,2-5H2,1H3,(H,13,14)(H2,10,11,12). The van der Waals surface area contributed by atoms with Crippen LogP contribution in [0.1, 0.15) is 19.8 Å². The molecule has 1 aliphatic rings. The van der Waals surface area contributed by atoms with Crippen LogP contribution in [0.3, 0.4) is 0 Å². The lowest BCUT2D eigenvalue weighted by Crippen LogP contribution is -2.21. The Hall–Kier alpha value is 0.220. The van der Waals surface area contributed by atoms with Crippen molar-refractivity contribution in [3.8, 4) is 0 Å². The normalized spacial score (nSPS) is 27.9. The maximum Gasteiger partial charge on any atom is 0.343 e. The molecule has 8 nitrogen and oxygen atoms in total. The quantitative estimate of drug-likeness (QED) is 0.541. The van der Waals surface area contributed by atoms with Gasteiger partial charge in [0.25, 0.3) is 0 Å². The van der Waals surface area contributed by atoms with Gasteiger partial charge in [0.2, 0.25) is 0 Å². The van der Waals surface area contributed by atoms with Crippen molar-refractivity contribution >= 4 is 15.2 Å². The lowest BCUT2D eigenvalue weighted by Gasteiger charge is -2.24. The Labute approximate surface area is 98.9 Å². The van der Waals surface area contributed by atoms with Gasteiger partial charge in [-0.25, -0.2) is 0 Å². The molecule has 1 rings (SSSR count). The maximum atomic E-state index is 11.8. The molecular formula is C7H17NO7P2. The van der Waals surface area contributed by atoms with Crippen molar-refractivity contribution in [3.05, 3.63) is 0 Å². The van der Waals surface area contributed by atoms with Gasteiger partial charge >= 0.3 is 15.2 Å². The minimum Gasteiger partial charge on any atom is -0.324 e. The van der Waals surface area contributed by atoms with Gasteiger partial charge in [0.1, 0.15) is 0 Å². The fraction of sp³-hybridized carbons (Fsp3) is 1.00. The Kier molecular flexibility index (Phi) is 4.91. The predicted molar refractivity (Wildman–Crippen MR) is 58.8 cm³/mol. The summed E-state index contributed by atoms with van der Waals surface area (Å²) in [6.45, 7) is 1.77. The Morgan fingerprint density at radius 1 is 1.41 bits per heavy atom. The zero-order valence-corrected chi connectivity index (χ0v) is 11.1. The van der Waals surface area contributed by atoms with E-state index in [-0.39, 0.29) is 13.0 Å². The van der Waals surface area contributed by atoms with Crippen molar-refractivity contribution in [3.63, 3.8) is 0 Å². The monoisotopic (exact) mass is 289 g/mol. The van der Waals surface area contributed by atoms with E-state index in [1.54, 1.807) is 0 Å². The highest BCUT2D eigenvalue weighted by Crippen LogP contribution is 2.64. The van der Waals surface area contributed by atoms with Crippen LogP contribution < -0.4 is 0 Å². The number of hydrogen-bond acceptors (Lipinski definition) is 5. The van der Waals surface area contributed by atoms with Crippen molar-refractivity contribution in [2.24, 2.45) is 0 Å². The first-order chi connectivity index (χ1) is 7.66. The summed E-state index contributed by atoms with van der Waals surface area (Å²) in [5.41, 5.74) is 0. The van der Waals surface area contributed by atoms with E-state index in [0.29, 0.717) is 13.0 Å². The van der Waals surface area contributed by atoms with E-state index in [4.69, 9.17) is 19.5 Å². The van der Waals surface area contributed by atoms with Crippen LogP contribution in [0.2, 0.25) is 0 Å². The van der Waals surface area contributed by atoms with Gasteiger partial charge < -0.3 is 24.4 Å². The molecule has 0 aromatic rings. The first-order valence-corrected chi connectivity index (χ1v) is 8.49. The predicted octanol–water partition coefficient (Wildman–Crippen LogP) is 0.566. The molecule has 1 fully saturated rings. The van der Waals surface area contributed by atoms with Crippen molar-refractivity contribution in [1.82, 2.24) is 5.06 Å². The molecule has 17 heavy (non-hydrogen) atoms. The summed E-state index contributed by atoms with van der Waals surface area (Å²) in [5, 5.41) is 8.31. The molecule has 0 amide bonds. The van der Waals surface area contributed by atoms with Crippen LogP contribution in [0.15, 0.2) is 0 Å². The Balaban J connectivity index is 2.73. The van der Waals surface area contributed by atoms with Crippen molar-refractivity contribution in [1.29, 1.82) is 0 Å². The Morgan fingerprint density at radius 3 is 2.35 bits per heavy atom. The van der Waals surface area contributed by atoms with Crippen molar-refractivity contribution in [2.45, 2.75) is 31.3 Å². The van der Waals surface area contributed by atoms with Crippen LogP contribution in [0.5, 0.6) is 0 Å². The second kappa shape index (κ2) is 5.47. The number of rotatable bonds is 5. The third kappa shape index (κ3) is 4.12. The molecule has 0 aromatic heterocycles. The van der Waals surface area contributed by atoms with Gasteiger partial charge in [0, 0.05) is 6.54 Å². The largest absolute Gasteiger partial charge is 0.343 e. The third-order valence-electron chi connectivity index (χ3n) is 2.55. The second-order valence-corrected chi connectivity index (χ2v) is 8.14. The lowest BCUT2D eigenvalue weighted by atomic mass is 10.3. The highest BCUT2D eigenvalue weighted by atomic mass is 31.2. The zero-order chi connectivity index (χ0) is 13.3. The molecule has 0 radical (unpaired) electrons. The molecule has 102 valence electrons. The van der Waals surface area contributed by atoms with Crippen molar-refractivity contribution in [2.75, 3.05) is 13.1 Å². The molecule has 0 aliphatic carbocycles. The summed E-state index contributed by atoms with van der Waals surface area (Å²) in [6.07, 6.45) is -0.497. The van der Waals surface area contributed by atoms with Gasteiger partial charge in [0.15, 0.2) is 5.40 Å². The average Bonchev–Trinajstić information content (AvgIpc) is 2.47. The van der Waals surface area contributed by atoms with E-state index in [1.165, 1.54) is 6.92 Å². The SMILES string of the molecule is CCC(P(=O)(O)O)P(=O)(O)OC1CCN(O)C1. The maximum absolute atomic E-state index is 11.8. The lowest BCUT2D eigenvalue weighted by molar-refractivity contribution is -0.0748. The summed E-state index contributed by atoms with van der Waals surface area (Å²) in [6, 6.07) is 0. The van der Waals surface area contributed by atoms with Crippen molar-refractivity contribution < 1.29 is 33.5 Å². The van der Waals surface area contributed by atoms with Crippen LogP contribution in [-0.4, -0.2) is 49.5 Å². The summed E-state index contributed by atoms with van der Waals surface area (Å²) in [7, 11) is -9.08. The highest BCUT2D eigenvalue weighted by Gasteiger charge is 2.46. The molecule has 3 unspecified atom stereocenters. The van der Waals surface area contributed by atoms with E-state index in [0.717, 1.165) is 5.06 Å². The topological polar surface area (TPSA) is 128 Å². The summed E-state index contributed by atoms with van der Waals surface area (Å²) < 4.78 is 27.7. The van der Waals surface area contributed by atoms with Gasteiger partial charge in [-0.1, -0.05) is 6.92 Å². The summed E-state index contributed by atoms with van der Waals surface area (Å²) >= 11 is 0. The molecule has 4 N–H and O–H groups in total. The first-order valence-electron chi connectivity index (χ1n) is 5.16. The van der Waals surface area contributed by atoms with E-state index >= 15 is 0 Å². The summed E-state index contributed by atoms with van der Waals surface area (Å²) in [5.74, 6) is 0. The molecule has 1 aliphatic heterocycles. The van der Waals surface area contributed by atoms with E-state index in [2.05, 4.69) is 0 Å². The molecule has 1 saturated heterocycles. The van der Waals surface area contributed by atoms with Gasteiger partial charge in [-0.05, 0) is 12.8 Å². The molecule has 0 spiro atoms. The Bertz CT molecular complexity index is 356. The van der Waals surface area contributed by atoms with E-state index < -0.39 is 26.7 Å². The van der Waals surface area contributed by atoms with Crippen LogP contribution >= 0.6 is 15.2 Å². The smallest absolute Gasteiger partial charge is 0.324 e. The molecule has 0 bridgehead atoms. The van der Waals surface area contributed by atoms with Gasteiger partial charge in [-0.2, -0.15) is 5.06 Å². The van der Waals surface area contributed by atoms with Crippen LogP contribution in [0.4, 0.5) is 0 Å². The van der Waals surface area contributed by atoms with E-state index in [1.807, 2.05) is 0 Å². The first kappa shape index (κ1) is 15.3. The average molecular weight is 289 g/mol. The molecule has 10 heteroatoms. The third-order valence-corrected chi connectivity index (χ3v) is 7.19. The Morgan fingerprint density at radius 2 is 2.00 bits per heavy atom. The van der Waals surface area contributed by atoms with Gasteiger partial charge in [0.05, 0.1) is 12.6 Å². The highest BCUT2D eigenvalue weighted by molar-refractivity contribution is 7.71. The van der Waals surface area contributed by atoms with Crippen LogP contribution in [0.25, 0.3) is 0 Å². The zero-order valence-electron chi connectivity index (χ0n) is 9.34. The van der Waals surface area contributed by atoms with Crippen LogP contribution in [-0.2, 0) is 13.7 Å². The molecule has 0 saturated carbocycles. The van der Waals surface area contributed by atoms with Crippen LogP contribution in [0, 0.1) is 0 Å². The minimum absolute atomic E-state index is 0.0577. The van der Waals surface area contributed by atoms with E-state index in [9.17, 15) is 14.0 Å². The summed E-state index contributed by atoms with van der Waals surface area (Å²) in [4.78, 5) is 27.6. The molecule has 0 aromatic carbocycles. The van der Waals surface area contributed by atoms with Gasteiger partial charge in [-0.15, -0.1) is 0 Å². The number of hydrogen-bond donors (Lipinski definition) is 4. The second-order valence-electron chi connectivity index (χ2n) is 3.97. The van der Waals surface area contributed by atoms with Gasteiger partial charge in [-0.3, -0.25) is 9.13 Å². The molecule has 1 heterocycles. The number of hydroxylamine groups is 2. The molecular weight excluding hydrogens is 272 g/mol. The minimum atomic E-state index is -4.68. The molecule has 3 atom stereocenters. The fourth-order valence-corrected chi connectivity index (χ4v) is 5.10.